The van der Waals surface area contributed by atoms with Crippen LogP contribution in [0.3, 0.4) is 0 Å². The normalized spacial score (nSPS) is 19.9. The number of phenols is 2. The predicted octanol–water partition coefficient (Wildman–Crippen LogP) is 1.97. The molecule has 0 bridgehead atoms. The SMILES string of the molecule is O=C(CCCCCNC(=O)c1ccc2c(c1)C(=O)OC21c2ccc(O)cc2Oc2cc(O)ccc21)NCC#Cc1c[nH]c(=O)c([C@@H]2O[C@H](CO)[C@@H](O)[C@H]2O)c1. The minimum Gasteiger partial charge on any atom is -0.508 e. The minimum absolute atomic E-state index is 0.0482. The second-order valence-electron chi connectivity index (χ2n) is 13.4. The quantitative estimate of drug-likeness (QED) is 0.0660. The zero-order valence-electron chi connectivity index (χ0n) is 29.2. The van der Waals surface area contributed by atoms with E-state index in [9.17, 15) is 44.7 Å². The van der Waals surface area contributed by atoms with Crippen molar-refractivity contribution in [3.05, 3.63) is 116 Å². The van der Waals surface area contributed by atoms with Gasteiger partial charge in [-0.25, -0.2) is 4.79 Å². The summed E-state index contributed by atoms with van der Waals surface area (Å²) in [5.41, 5.74) is 0.396. The number of fused-ring (bicyclic) bond motifs is 6. The van der Waals surface area contributed by atoms with E-state index < -0.39 is 48.2 Å². The summed E-state index contributed by atoms with van der Waals surface area (Å²) in [6, 6.07) is 15.1. The lowest BCUT2D eigenvalue weighted by Gasteiger charge is -2.36. The molecule has 1 saturated heterocycles. The van der Waals surface area contributed by atoms with Crippen LogP contribution in [0.25, 0.3) is 0 Å². The molecule has 1 aromatic heterocycles. The number of aromatic hydroxyl groups is 2. The fourth-order valence-electron chi connectivity index (χ4n) is 7.06. The highest BCUT2D eigenvalue weighted by atomic mass is 16.6. The minimum atomic E-state index is -1.42. The lowest BCUT2D eigenvalue weighted by molar-refractivity contribution is -0.120. The van der Waals surface area contributed by atoms with E-state index in [4.69, 9.17) is 14.2 Å². The number of aliphatic hydroxyl groups is 3. The smallest absolute Gasteiger partial charge is 0.340 e. The molecule has 1 spiro atoms. The molecule has 55 heavy (non-hydrogen) atoms. The van der Waals surface area contributed by atoms with Gasteiger partial charge in [0, 0.05) is 64.7 Å². The number of esters is 1. The lowest BCUT2D eigenvalue weighted by atomic mass is 9.77. The highest BCUT2D eigenvalue weighted by Crippen LogP contribution is 2.57. The summed E-state index contributed by atoms with van der Waals surface area (Å²) >= 11 is 0. The van der Waals surface area contributed by atoms with E-state index in [-0.39, 0.29) is 64.5 Å². The Bertz CT molecular complexity index is 2240. The van der Waals surface area contributed by atoms with Gasteiger partial charge >= 0.3 is 5.97 Å². The zero-order chi connectivity index (χ0) is 38.9. The highest BCUT2D eigenvalue weighted by molar-refractivity contribution is 6.01. The first kappa shape index (κ1) is 37.1. The molecule has 15 heteroatoms. The van der Waals surface area contributed by atoms with Gasteiger partial charge in [-0.3, -0.25) is 14.4 Å². The third-order valence-corrected chi connectivity index (χ3v) is 9.79. The van der Waals surface area contributed by atoms with Gasteiger partial charge in [-0.1, -0.05) is 24.3 Å². The number of ether oxygens (including phenoxy) is 3. The maximum Gasteiger partial charge on any atom is 0.340 e. The van der Waals surface area contributed by atoms with E-state index in [0.29, 0.717) is 48.1 Å². The van der Waals surface area contributed by atoms with Gasteiger partial charge in [0.05, 0.1) is 18.7 Å². The fraction of sp³-hybridized carbons (Fsp3) is 0.300. The molecule has 0 saturated carbocycles. The summed E-state index contributed by atoms with van der Waals surface area (Å²) in [5, 5.41) is 55.4. The maximum atomic E-state index is 13.3. The molecule has 0 radical (unpaired) electrons. The third-order valence-electron chi connectivity index (χ3n) is 9.79. The van der Waals surface area contributed by atoms with Crippen LogP contribution in [0, 0.1) is 11.8 Å². The number of aliphatic hydroxyl groups excluding tert-OH is 3. The van der Waals surface area contributed by atoms with E-state index in [1.165, 1.54) is 42.6 Å². The standard InChI is InChI=1S/C40H37N3O12/c44-20-32-34(48)35(49)36(54-32)26-15-21(19-43-38(26)51)5-4-14-41-33(47)6-2-1-3-13-42-37(50)22-7-10-27-25(16-22)39(52)55-40(27)28-11-8-23(45)17-30(28)53-31-18-24(46)9-12-29(31)40/h7-12,15-19,32,34-36,44-46,48-49H,1-3,6,13-14,20H2,(H,41,47)(H,42,50)(H,43,51)/t32-,34-,35-,36+/m1/s1. The summed E-state index contributed by atoms with van der Waals surface area (Å²) in [6.45, 7) is -0.132. The summed E-state index contributed by atoms with van der Waals surface area (Å²) in [6.07, 6.45) is -1.45. The Morgan fingerprint density at radius 1 is 0.855 bits per heavy atom. The third kappa shape index (κ3) is 7.11. The number of nitrogens with one attached hydrogen (secondary N) is 3. The number of pyridine rings is 1. The molecule has 3 aromatic carbocycles. The van der Waals surface area contributed by atoms with Gasteiger partial charge < -0.3 is 55.4 Å². The fourth-order valence-corrected chi connectivity index (χ4v) is 7.06. The van der Waals surface area contributed by atoms with Crippen molar-refractivity contribution < 1.29 is 54.1 Å². The molecule has 284 valence electrons. The molecular formula is C40H37N3O12. The maximum absolute atomic E-state index is 13.3. The van der Waals surface area contributed by atoms with Gasteiger partial charge in [0.25, 0.3) is 11.5 Å². The number of unbranched alkanes of at least 4 members (excludes halogenated alkanes) is 2. The van der Waals surface area contributed by atoms with Crippen LogP contribution >= 0.6 is 0 Å². The number of carbonyl (C=O) groups excluding carboxylic acids is 3. The van der Waals surface area contributed by atoms with Crippen molar-refractivity contribution in [3.63, 3.8) is 0 Å². The second kappa shape index (κ2) is 15.3. The average Bonchev–Trinajstić information content (AvgIpc) is 3.62. The van der Waals surface area contributed by atoms with Crippen LogP contribution in [0.5, 0.6) is 23.0 Å². The summed E-state index contributed by atoms with van der Waals surface area (Å²) in [7, 11) is 0. The number of rotatable bonds is 10. The van der Waals surface area contributed by atoms with Crippen LogP contribution in [0.2, 0.25) is 0 Å². The number of hydrogen-bond donors (Lipinski definition) is 8. The van der Waals surface area contributed by atoms with Crippen molar-refractivity contribution in [2.45, 2.75) is 55.7 Å². The lowest BCUT2D eigenvalue weighted by Crippen LogP contribution is -2.33. The molecule has 2 amide bonds. The molecule has 7 rings (SSSR count). The van der Waals surface area contributed by atoms with Gasteiger partial charge in [-0.15, -0.1) is 0 Å². The number of aromatic nitrogens is 1. The Morgan fingerprint density at radius 3 is 2.25 bits per heavy atom. The first-order chi connectivity index (χ1) is 26.5. The van der Waals surface area contributed by atoms with Crippen LogP contribution in [-0.2, 0) is 19.9 Å². The van der Waals surface area contributed by atoms with Crippen molar-refractivity contribution in [2.75, 3.05) is 19.7 Å². The van der Waals surface area contributed by atoms with Crippen molar-refractivity contribution >= 4 is 17.8 Å². The first-order valence-corrected chi connectivity index (χ1v) is 17.6. The second-order valence-corrected chi connectivity index (χ2v) is 13.4. The van der Waals surface area contributed by atoms with E-state index in [1.54, 1.807) is 24.3 Å². The van der Waals surface area contributed by atoms with Crippen LogP contribution < -0.4 is 20.9 Å². The molecule has 4 aromatic rings. The number of hydrogen-bond acceptors (Lipinski definition) is 12. The largest absolute Gasteiger partial charge is 0.508 e. The summed E-state index contributed by atoms with van der Waals surface area (Å²) in [5.74, 6) is 4.78. The van der Waals surface area contributed by atoms with E-state index in [0.717, 1.165) is 0 Å². The molecular weight excluding hydrogens is 714 g/mol. The van der Waals surface area contributed by atoms with E-state index in [2.05, 4.69) is 27.5 Å². The van der Waals surface area contributed by atoms with Gasteiger partial charge in [0.2, 0.25) is 5.91 Å². The molecule has 4 atom stereocenters. The first-order valence-electron chi connectivity index (χ1n) is 17.6. The van der Waals surface area contributed by atoms with E-state index >= 15 is 0 Å². The average molecular weight is 752 g/mol. The predicted molar refractivity (Wildman–Crippen MR) is 192 cm³/mol. The monoisotopic (exact) mass is 751 g/mol. The Hall–Kier alpha value is -6.18. The van der Waals surface area contributed by atoms with Crippen LogP contribution in [0.1, 0.15) is 80.3 Å². The number of aromatic amines is 1. The van der Waals surface area contributed by atoms with Gasteiger partial charge in [-0.05, 0) is 55.3 Å². The highest BCUT2D eigenvalue weighted by Gasteiger charge is 2.54. The Labute approximate surface area is 313 Å². The Morgan fingerprint density at radius 2 is 1.56 bits per heavy atom. The number of carbonyl (C=O) groups is 3. The number of amides is 2. The summed E-state index contributed by atoms with van der Waals surface area (Å²) < 4.78 is 17.5. The summed E-state index contributed by atoms with van der Waals surface area (Å²) in [4.78, 5) is 53.6. The molecule has 0 aliphatic carbocycles. The van der Waals surface area contributed by atoms with Crippen molar-refractivity contribution in [1.82, 2.24) is 15.6 Å². The van der Waals surface area contributed by atoms with Gasteiger partial charge in [0.15, 0.2) is 5.60 Å². The van der Waals surface area contributed by atoms with Crippen molar-refractivity contribution in [1.29, 1.82) is 0 Å². The molecule has 1 fully saturated rings. The molecule has 0 unspecified atom stereocenters. The van der Waals surface area contributed by atoms with Crippen molar-refractivity contribution in [3.8, 4) is 34.8 Å². The molecule has 15 nitrogen and oxygen atoms in total. The Balaban J connectivity index is 0.885. The molecule has 3 aliphatic rings. The van der Waals surface area contributed by atoms with Crippen LogP contribution in [0.15, 0.2) is 71.7 Å². The Kier molecular flexibility index (Phi) is 10.3. The zero-order valence-corrected chi connectivity index (χ0v) is 29.2. The molecule has 8 N–H and O–H groups in total. The van der Waals surface area contributed by atoms with Crippen molar-refractivity contribution in [2.24, 2.45) is 0 Å². The van der Waals surface area contributed by atoms with E-state index in [1.807, 2.05) is 0 Å². The molecule has 3 aliphatic heterocycles. The molecule has 4 heterocycles. The number of H-pyrrole nitrogens is 1. The number of phenolic OH excluding ortho intramolecular Hbond substituents is 2. The van der Waals surface area contributed by atoms with Gasteiger partial charge in [0.1, 0.15) is 47.4 Å². The van der Waals surface area contributed by atoms with Crippen LogP contribution in [-0.4, -0.2) is 86.3 Å². The van der Waals surface area contributed by atoms with Crippen LogP contribution in [0.4, 0.5) is 0 Å². The van der Waals surface area contributed by atoms with Gasteiger partial charge in [-0.2, -0.15) is 0 Å². The topological polar surface area (TPSA) is 237 Å². The number of benzene rings is 3.